The van der Waals surface area contributed by atoms with Crippen LogP contribution >= 0.6 is 0 Å². The maximum atomic E-state index is 4.16. The Hall–Kier alpha value is -2.68. The fourth-order valence-corrected chi connectivity index (χ4v) is 7.75. The minimum atomic E-state index is 0. The van der Waals surface area contributed by atoms with Crippen LogP contribution in [0.2, 0.25) is 0 Å². The predicted octanol–water partition coefficient (Wildman–Crippen LogP) is 10.5. The van der Waals surface area contributed by atoms with E-state index in [-0.39, 0.29) is 40.7 Å². The number of rotatable bonds is 7. The molecule has 0 heterocycles. The number of aryl methyl sites for hydroxylation is 2. The van der Waals surface area contributed by atoms with Crippen molar-refractivity contribution in [1.29, 1.82) is 0 Å². The molecule has 0 saturated carbocycles. The Balaban J connectivity index is 0.00000161. The maximum absolute atomic E-state index is 4.16. The van der Waals surface area contributed by atoms with Crippen molar-refractivity contribution in [3.8, 4) is 22.3 Å². The fraction of sp³-hybridized carbons (Fsp3) is 0.200. The van der Waals surface area contributed by atoms with E-state index in [1.165, 1.54) is 78.0 Å². The van der Waals surface area contributed by atoms with E-state index in [1.54, 1.807) is 5.20 Å². The third-order valence-corrected chi connectivity index (χ3v) is 10.1. The molecule has 0 aromatic heterocycles. The van der Waals surface area contributed by atoms with Gasteiger partial charge in [0.2, 0.25) is 0 Å². The summed E-state index contributed by atoms with van der Waals surface area (Å²) in [6.07, 6.45) is 5.83. The molecule has 0 amide bonds. The Labute approximate surface area is 276 Å². The van der Waals surface area contributed by atoms with Crippen LogP contribution in [0.5, 0.6) is 0 Å². The van der Waals surface area contributed by atoms with E-state index >= 15 is 0 Å². The zero-order chi connectivity index (χ0) is 27.1. The summed E-state index contributed by atoms with van der Waals surface area (Å²) in [6, 6.07) is 32.0. The molecule has 0 fully saturated rings. The molecule has 2 heteroatoms. The average Bonchev–Trinajstić information content (AvgIpc) is 3.51. The number of hydrogen-bond donors (Lipinski definition) is 0. The standard InChI is InChI=1S/C38H36Si.2CH3.Hf/c1-6-7-15-35-34-20-11-19-33(31-17-9-13-25(3)27(31)5)37(34)23-38(35)39-29-21-28-14-10-18-32(36(28)22-29)30-16-8-12-24(2)26(30)4;;;/h8-14,16-23,35H,1,6-7,15H2,2-5H3;2*1H3;/q-2;2*-1;+4. The minimum absolute atomic E-state index is 0. The molecule has 1 aliphatic rings. The summed E-state index contributed by atoms with van der Waals surface area (Å²) in [5, 5.41) is 5.72. The van der Waals surface area contributed by atoms with Crippen molar-refractivity contribution in [2.45, 2.75) is 52.9 Å². The van der Waals surface area contributed by atoms with Crippen molar-refractivity contribution in [3.05, 3.63) is 145 Å². The first-order valence-corrected chi connectivity index (χ1v) is 15.2. The van der Waals surface area contributed by atoms with Crippen LogP contribution < -0.4 is 5.19 Å². The van der Waals surface area contributed by atoms with Gasteiger partial charge in [-0.2, -0.15) is 12.5 Å². The van der Waals surface area contributed by atoms with Crippen LogP contribution in [0.4, 0.5) is 0 Å². The average molecular weight is 729 g/mol. The first kappa shape index (κ1) is 33.8. The van der Waals surface area contributed by atoms with Gasteiger partial charge in [0.1, 0.15) is 0 Å². The SMILES string of the molecule is [CH2-]CCCC1C([Si]c2cc3c(-c4cccc(C)c4C)cccc3[cH-]2)=Cc2c(-c3cccc(C)c3C)cccc21.[CH3-].[CH3-].[Hf+4]. The normalized spacial score (nSPS) is 13.5. The van der Waals surface area contributed by atoms with E-state index in [0.29, 0.717) is 15.4 Å². The molecule has 42 heavy (non-hydrogen) atoms. The topological polar surface area (TPSA) is 0 Å². The molecule has 0 spiro atoms. The molecule has 2 radical (unpaired) electrons. The van der Waals surface area contributed by atoms with Gasteiger partial charge in [-0.05, 0) is 84.2 Å². The van der Waals surface area contributed by atoms with E-state index in [2.05, 4.69) is 126 Å². The van der Waals surface area contributed by atoms with Crippen molar-refractivity contribution < 1.29 is 25.8 Å². The molecular weight excluding hydrogens is 687 g/mol. The molecule has 210 valence electrons. The van der Waals surface area contributed by atoms with Crippen LogP contribution in [-0.4, -0.2) is 9.52 Å². The Morgan fingerprint density at radius 1 is 0.738 bits per heavy atom. The van der Waals surface area contributed by atoms with Gasteiger partial charge in [-0.1, -0.05) is 83.9 Å². The summed E-state index contributed by atoms with van der Waals surface area (Å²) in [7, 11) is 0.668. The minimum Gasteiger partial charge on any atom is -0.358 e. The first-order chi connectivity index (χ1) is 19.0. The second kappa shape index (κ2) is 14.2. The van der Waals surface area contributed by atoms with Crippen LogP contribution in [-0.2, 0) is 25.8 Å². The zero-order valence-electron chi connectivity index (χ0n) is 26.1. The van der Waals surface area contributed by atoms with Gasteiger partial charge in [-0.3, -0.25) is 0 Å². The summed E-state index contributed by atoms with van der Waals surface area (Å²) in [5.41, 5.74) is 13.8. The summed E-state index contributed by atoms with van der Waals surface area (Å²) >= 11 is 0. The molecule has 6 rings (SSSR count). The molecule has 0 N–H and O–H groups in total. The smallest absolute Gasteiger partial charge is 0.358 e. The first-order valence-electron chi connectivity index (χ1n) is 14.2. The monoisotopic (exact) mass is 730 g/mol. The summed E-state index contributed by atoms with van der Waals surface area (Å²) < 4.78 is 0. The largest absolute Gasteiger partial charge is 4.00 e. The van der Waals surface area contributed by atoms with Crippen LogP contribution in [0.25, 0.3) is 39.1 Å². The Morgan fingerprint density at radius 3 is 1.98 bits per heavy atom. The molecule has 5 aromatic rings. The molecule has 5 aromatic carbocycles. The van der Waals surface area contributed by atoms with E-state index in [9.17, 15) is 0 Å². The van der Waals surface area contributed by atoms with Crippen LogP contribution in [0.15, 0.2) is 90.1 Å². The van der Waals surface area contributed by atoms with Crippen molar-refractivity contribution in [2.75, 3.05) is 0 Å². The van der Waals surface area contributed by atoms with Gasteiger partial charge in [0.25, 0.3) is 0 Å². The van der Waals surface area contributed by atoms with Gasteiger partial charge >= 0.3 is 25.8 Å². The van der Waals surface area contributed by atoms with Crippen LogP contribution in [0.1, 0.15) is 58.6 Å². The number of benzene rings is 4. The van der Waals surface area contributed by atoms with Crippen molar-refractivity contribution >= 4 is 31.6 Å². The predicted molar refractivity (Wildman–Crippen MR) is 184 cm³/mol. The molecule has 0 nitrogen and oxygen atoms in total. The van der Waals surface area contributed by atoms with E-state index < -0.39 is 0 Å². The molecule has 0 aliphatic heterocycles. The van der Waals surface area contributed by atoms with Crippen molar-refractivity contribution in [2.24, 2.45) is 0 Å². The van der Waals surface area contributed by atoms with E-state index in [4.69, 9.17) is 0 Å². The molecule has 0 bridgehead atoms. The molecule has 0 saturated heterocycles. The van der Waals surface area contributed by atoms with Crippen LogP contribution in [0.3, 0.4) is 0 Å². The summed E-state index contributed by atoms with van der Waals surface area (Å²) in [4.78, 5) is 0. The number of fused-ring (bicyclic) bond motifs is 2. The molecular formula is C40H42HfSi. The van der Waals surface area contributed by atoms with Gasteiger partial charge < -0.3 is 21.8 Å². The molecule has 1 atom stereocenters. The second-order valence-corrected chi connectivity index (χ2v) is 12.5. The summed E-state index contributed by atoms with van der Waals surface area (Å²) in [5.74, 6) is 0.474. The zero-order valence-corrected chi connectivity index (χ0v) is 30.7. The maximum Gasteiger partial charge on any atom is 4.00 e. The van der Waals surface area contributed by atoms with Crippen LogP contribution in [0, 0.1) is 49.5 Å². The third kappa shape index (κ3) is 6.17. The van der Waals surface area contributed by atoms with Crippen molar-refractivity contribution in [3.63, 3.8) is 0 Å². The van der Waals surface area contributed by atoms with Gasteiger partial charge in [-0.25, -0.2) is 0 Å². The number of hydrogen-bond acceptors (Lipinski definition) is 0. The van der Waals surface area contributed by atoms with Gasteiger partial charge in [0, 0.05) is 5.92 Å². The Kier molecular flexibility index (Phi) is 11.4. The van der Waals surface area contributed by atoms with Gasteiger partial charge in [-0.15, -0.1) is 34.2 Å². The van der Waals surface area contributed by atoms with E-state index in [1.807, 2.05) is 0 Å². The number of allylic oxidation sites excluding steroid dienone is 1. The molecule has 1 aliphatic carbocycles. The Morgan fingerprint density at radius 2 is 1.31 bits per heavy atom. The van der Waals surface area contributed by atoms with Gasteiger partial charge in [0.15, 0.2) is 0 Å². The summed E-state index contributed by atoms with van der Waals surface area (Å²) in [6.45, 7) is 13.1. The van der Waals surface area contributed by atoms with Crippen molar-refractivity contribution in [1.82, 2.24) is 0 Å². The quantitative estimate of drug-likeness (QED) is 0.116. The molecule has 1 unspecified atom stereocenters. The third-order valence-electron chi connectivity index (χ3n) is 8.76. The second-order valence-electron chi connectivity index (χ2n) is 11.1. The Bertz CT molecular complexity index is 1720. The van der Waals surface area contributed by atoms with Gasteiger partial charge in [0.05, 0.1) is 9.52 Å². The fourth-order valence-electron chi connectivity index (χ4n) is 6.28. The van der Waals surface area contributed by atoms with E-state index in [0.717, 1.165) is 12.8 Å². The number of unbranched alkanes of at least 4 members (excludes halogenated alkanes) is 1.